The smallest absolute Gasteiger partial charge is 0.262 e. The van der Waals surface area contributed by atoms with Crippen LogP contribution in [-0.4, -0.2) is 26.5 Å². The number of H-pyrrole nitrogens is 1. The molecule has 3 aromatic heterocycles. The van der Waals surface area contributed by atoms with Crippen molar-refractivity contribution in [3.63, 3.8) is 0 Å². The second-order valence-electron chi connectivity index (χ2n) is 5.79. The first-order valence-corrected chi connectivity index (χ1v) is 8.54. The van der Waals surface area contributed by atoms with Gasteiger partial charge in [-0.25, -0.2) is 4.98 Å². The molecule has 0 saturated carbocycles. The van der Waals surface area contributed by atoms with Gasteiger partial charge in [0, 0.05) is 24.3 Å². The molecule has 0 aliphatic carbocycles. The van der Waals surface area contributed by atoms with Gasteiger partial charge in [-0.15, -0.1) is 0 Å². The standard InChI is InChI=1S/C20H17N5O2/c1-2-27-15-5-3-14(4-6-15)23-20-24-18-17(19(26)25-20)16(9-12-22-18)13-7-10-21-11-8-13/h3-12H,2H2,1H3,(H2,22,23,24,25,26). The molecule has 0 unspecified atom stereocenters. The van der Waals surface area contributed by atoms with Crippen LogP contribution >= 0.6 is 0 Å². The van der Waals surface area contributed by atoms with Crippen molar-refractivity contribution in [1.29, 1.82) is 0 Å². The van der Waals surface area contributed by atoms with Crippen molar-refractivity contribution in [2.45, 2.75) is 6.92 Å². The zero-order valence-electron chi connectivity index (χ0n) is 14.6. The summed E-state index contributed by atoms with van der Waals surface area (Å²) in [7, 11) is 0. The fourth-order valence-corrected chi connectivity index (χ4v) is 2.83. The van der Waals surface area contributed by atoms with Crippen molar-refractivity contribution in [3.8, 4) is 16.9 Å². The van der Waals surface area contributed by atoms with E-state index in [-0.39, 0.29) is 5.56 Å². The molecule has 0 fully saturated rings. The molecule has 0 aliphatic rings. The number of fused-ring (bicyclic) bond motifs is 1. The van der Waals surface area contributed by atoms with Gasteiger partial charge in [0.25, 0.3) is 5.56 Å². The van der Waals surface area contributed by atoms with Gasteiger partial charge in [0.15, 0.2) is 5.65 Å². The molecule has 4 aromatic rings. The zero-order chi connectivity index (χ0) is 18.6. The van der Waals surface area contributed by atoms with E-state index in [1.807, 2.05) is 43.3 Å². The Labute approximate surface area is 155 Å². The third-order valence-corrected chi connectivity index (χ3v) is 4.03. The van der Waals surface area contributed by atoms with Crippen molar-refractivity contribution in [1.82, 2.24) is 19.9 Å². The predicted molar refractivity (Wildman–Crippen MR) is 104 cm³/mol. The van der Waals surface area contributed by atoms with Crippen LogP contribution in [-0.2, 0) is 0 Å². The molecule has 0 bridgehead atoms. The molecule has 4 rings (SSSR count). The predicted octanol–water partition coefficient (Wildman–Crippen LogP) is 3.52. The lowest BCUT2D eigenvalue weighted by Crippen LogP contribution is -2.13. The molecule has 0 radical (unpaired) electrons. The van der Waals surface area contributed by atoms with Crippen LogP contribution in [0.3, 0.4) is 0 Å². The average Bonchev–Trinajstić information content (AvgIpc) is 2.70. The summed E-state index contributed by atoms with van der Waals surface area (Å²) in [6.45, 7) is 2.54. The van der Waals surface area contributed by atoms with Gasteiger partial charge in [0.05, 0.1) is 12.0 Å². The number of ether oxygens (including phenoxy) is 1. The quantitative estimate of drug-likeness (QED) is 0.566. The first-order valence-electron chi connectivity index (χ1n) is 8.54. The highest BCUT2D eigenvalue weighted by atomic mass is 16.5. The molecule has 1 aromatic carbocycles. The minimum atomic E-state index is -0.256. The zero-order valence-corrected chi connectivity index (χ0v) is 14.6. The minimum absolute atomic E-state index is 0.256. The van der Waals surface area contributed by atoms with E-state index in [2.05, 4.69) is 25.3 Å². The third-order valence-electron chi connectivity index (χ3n) is 4.03. The van der Waals surface area contributed by atoms with Crippen LogP contribution in [0.25, 0.3) is 22.2 Å². The van der Waals surface area contributed by atoms with E-state index >= 15 is 0 Å². The Morgan fingerprint density at radius 2 is 1.81 bits per heavy atom. The molecule has 2 N–H and O–H groups in total. The van der Waals surface area contributed by atoms with Gasteiger partial charge < -0.3 is 10.1 Å². The number of aromatic nitrogens is 4. The maximum Gasteiger partial charge on any atom is 0.262 e. The highest BCUT2D eigenvalue weighted by Gasteiger charge is 2.11. The van der Waals surface area contributed by atoms with Crippen LogP contribution in [0.2, 0.25) is 0 Å². The van der Waals surface area contributed by atoms with E-state index in [1.165, 1.54) is 0 Å². The van der Waals surface area contributed by atoms with E-state index < -0.39 is 0 Å². The largest absolute Gasteiger partial charge is 0.494 e. The number of nitrogens with zero attached hydrogens (tertiary/aromatic N) is 3. The van der Waals surface area contributed by atoms with Gasteiger partial charge in [-0.3, -0.25) is 14.8 Å². The Bertz CT molecular complexity index is 1120. The van der Waals surface area contributed by atoms with Gasteiger partial charge in [-0.05, 0) is 60.5 Å². The fourth-order valence-electron chi connectivity index (χ4n) is 2.83. The number of pyridine rings is 2. The highest BCUT2D eigenvalue weighted by molar-refractivity contribution is 5.92. The summed E-state index contributed by atoms with van der Waals surface area (Å²) >= 11 is 0. The second-order valence-corrected chi connectivity index (χ2v) is 5.79. The Balaban J connectivity index is 1.71. The lowest BCUT2D eigenvalue weighted by Gasteiger charge is -2.09. The van der Waals surface area contributed by atoms with Crippen LogP contribution in [0.15, 0.2) is 65.8 Å². The molecule has 0 amide bonds. The lowest BCUT2D eigenvalue weighted by molar-refractivity contribution is 0.340. The number of hydrogen-bond donors (Lipinski definition) is 2. The fraction of sp³-hybridized carbons (Fsp3) is 0.100. The van der Waals surface area contributed by atoms with Crippen LogP contribution in [0.5, 0.6) is 5.75 Å². The van der Waals surface area contributed by atoms with Crippen LogP contribution < -0.4 is 15.6 Å². The molecule has 0 spiro atoms. The molecule has 7 heteroatoms. The van der Waals surface area contributed by atoms with Crippen LogP contribution in [0.4, 0.5) is 11.6 Å². The molecule has 7 nitrogen and oxygen atoms in total. The summed E-state index contributed by atoms with van der Waals surface area (Å²) < 4.78 is 5.43. The van der Waals surface area contributed by atoms with Crippen molar-refractivity contribution in [2.24, 2.45) is 0 Å². The first kappa shape index (κ1) is 16.7. The van der Waals surface area contributed by atoms with Crippen LogP contribution in [0.1, 0.15) is 6.92 Å². The van der Waals surface area contributed by atoms with Crippen molar-refractivity contribution in [3.05, 3.63) is 71.4 Å². The minimum Gasteiger partial charge on any atom is -0.494 e. The van der Waals surface area contributed by atoms with Crippen LogP contribution in [0, 0.1) is 0 Å². The number of anilines is 2. The number of hydrogen-bond acceptors (Lipinski definition) is 6. The van der Waals surface area contributed by atoms with E-state index in [0.717, 1.165) is 22.6 Å². The van der Waals surface area contributed by atoms with Gasteiger partial charge in [0.2, 0.25) is 5.95 Å². The van der Waals surface area contributed by atoms with E-state index in [9.17, 15) is 4.79 Å². The maximum atomic E-state index is 12.7. The number of rotatable bonds is 5. The van der Waals surface area contributed by atoms with Gasteiger partial charge in [0.1, 0.15) is 5.75 Å². The number of aromatic amines is 1. The molecule has 0 saturated heterocycles. The molecule has 27 heavy (non-hydrogen) atoms. The summed E-state index contributed by atoms with van der Waals surface area (Å²) in [4.78, 5) is 28.2. The summed E-state index contributed by atoms with van der Waals surface area (Å²) in [5, 5.41) is 3.54. The normalized spacial score (nSPS) is 10.7. The molecule has 3 heterocycles. The molecular formula is C20H17N5O2. The Hall–Kier alpha value is -3.74. The van der Waals surface area contributed by atoms with Crippen molar-refractivity contribution < 1.29 is 4.74 Å². The lowest BCUT2D eigenvalue weighted by atomic mass is 10.1. The third kappa shape index (κ3) is 3.48. The Kier molecular flexibility index (Phi) is 4.49. The summed E-state index contributed by atoms with van der Waals surface area (Å²) in [6.07, 6.45) is 5.02. The Morgan fingerprint density at radius 3 is 2.56 bits per heavy atom. The van der Waals surface area contributed by atoms with E-state index in [0.29, 0.717) is 23.6 Å². The average molecular weight is 359 g/mol. The summed E-state index contributed by atoms with van der Waals surface area (Å²) in [5.74, 6) is 1.11. The van der Waals surface area contributed by atoms with Gasteiger partial charge in [-0.2, -0.15) is 4.98 Å². The number of benzene rings is 1. The molecule has 0 aliphatic heterocycles. The van der Waals surface area contributed by atoms with Crippen molar-refractivity contribution >= 4 is 22.7 Å². The van der Waals surface area contributed by atoms with Gasteiger partial charge >= 0.3 is 0 Å². The van der Waals surface area contributed by atoms with Crippen molar-refractivity contribution in [2.75, 3.05) is 11.9 Å². The summed E-state index contributed by atoms with van der Waals surface area (Å²) in [6, 6.07) is 12.9. The molecule has 0 atom stereocenters. The van der Waals surface area contributed by atoms with Gasteiger partial charge in [-0.1, -0.05) is 0 Å². The molecule has 134 valence electrons. The Morgan fingerprint density at radius 1 is 1.04 bits per heavy atom. The maximum absolute atomic E-state index is 12.7. The second kappa shape index (κ2) is 7.25. The summed E-state index contributed by atoms with van der Waals surface area (Å²) in [5.41, 5.74) is 2.56. The number of nitrogens with one attached hydrogen (secondary N) is 2. The van der Waals surface area contributed by atoms with E-state index in [1.54, 1.807) is 24.7 Å². The monoisotopic (exact) mass is 359 g/mol. The highest BCUT2D eigenvalue weighted by Crippen LogP contribution is 2.24. The topological polar surface area (TPSA) is 92.8 Å². The SMILES string of the molecule is CCOc1ccc(Nc2nc3nccc(-c4ccncc4)c3c(=O)[nH]2)cc1. The molecular weight excluding hydrogens is 342 g/mol. The van der Waals surface area contributed by atoms with E-state index in [4.69, 9.17) is 4.74 Å². The first-order chi connectivity index (χ1) is 13.2.